The molecule has 0 heterocycles. The third kappa shape index (κ3) is 33.6. The van der Waals surface area contributed by atoms with Crippen molar-refractivity contribution < 1.29 is 0 Å². The van der Waals surface area contributed by atoms with E-state index in [0.717, 1.165) is 18.6 Å². The van der Waals surface area contributed by atoms with Crippen molar-refractivity contribution in [1.29, 1.82) is 5.41 Å². The van der Waals surface area contributed by atoms with E-state index in [4.69, 9.17) is 5.41 Å². The molecule has 1 heteroatoms. The Morgan fingerprint density at radius 3 is 0.622 bits per heavy atom. The molecule has 1 N–H and O–H groups in total. The molecule has 1 nitrogen and oxygen atoms in total. The minimum absolute atomic E-state index is 1.03. The predicted molar refractivity (Wildman–Crippen MR) is 171 cm³/mol. The smallest absolute Gasteiger partial charge is 0.00891 e. The fourth-order valence-electron chi connectivity index (χ4n) is 5.72. The quantitative estimate of drug-likeness (QED) is 0.0658. The molecule has 0 radical (unpaired) electrons. The highest BCUT2D eigenvalue weighted by Gasteiger charge is 2.00. The topological polar surface area (TPSA) is 23.9 Å². The van der Waals surface area contributed by atoms with E-state index in [0.29, 0.717) is 0 Å². The van der Waals surface area contributed by atoms with Gasteiger partial charge in [0.2, 0.25) is 0 Å². The van der Waals surface area contributed by atoms with Crippen molar-refractivity contribution in [1.82, 2.24) is 0 Å². The molecule has 0 fully saturated rings. The fourth-order valence-corrected chi connectivity index (χ4v) is 5.72. The van der Waals surface area contributed by atoms with Gasteiger partial charge in [-0.25, -0.2) is 0 Å². The number of rotatable bonds is 33. The first-order valence-electron chi connectivity index (χ1n) is 17.9. The van der Waals surface area contributed by atoms with Gasteiger partial charge in [-0.15, -0.1) is 0 Å². The van der Waals surface area contributed by atoms with Gasteiger partial charge < -0.3 is 5.41 Å². The van der Waals surface area contributed by atoms with Gasteiger partial charge in [0.1, 0.15) is 0 Å². The molecule has 0 aromatic rings. The highest BCUT2D eigenvalue weighted by atomic mass is 14.4. The molecule has 0 aromatic heterocycles. The summed E-state index contributed by atoms with van der Waals surface area (Å²) in [6.45, 7) is 4.60. The maximum atomic E-state index is 8.25. The third-order valence-corrected chi connectivity index (χ3v) is 8.41. The van der Waals surface area contributed by atoms with E-state index >= 15 is 0 Å². The Bertz CT molecular complexity index is 415. The SMILES string of the molecule is CCCCCCCCCCCCCCCCCCC(=N)CCCCCCCCCCCCCCCCC. The standard InChI is InChI=1S/C36H73N/c1-3-5-7-9-11-13-15-17-19-21-23-25-27-29-31-33-35-36(37)34-32-30-28-26-24-22-20-18-16-14-12-10-8-6-4-2/h37H,3-35H2,1-2H3. The molecule has 0 aliphatic heterocycles. The summed E-state index contributed by atoms with van der Waals surface area (Å²) in [5.74, 6) is 0. The minimum atomic E-state index is 1.03. The van der Waals surface area contributed by atoms with E-state index in [1.54, 1.807) is 0 Å². The fraction of sp³-hybridized carbons (Fsp3) is 0.972. The van der Waals surface area contributed by atoms with Gasteiger partial charge in [0.05, 0.1) is 0 Å². The van der Waals surface area contributed by atoms with Crippen molar-refractivity contribution in [2.45, 2.75) is 226 Å². The van der Waals surface area contributed by atoms with Crippen molar-refractivity contribution in [3.63, 3.8) is 0 Å². The summed E-state index contributed by atoms with van der Waals surface area (Å²) in [5, 5.41) is 8.25. The van der Waals surface area contributed by atoms with Crippen LogP contribution in [-0.4, -0.2) is 5.71 Å². The van der Waals surface area contributed by atoms with Crippen LogP contribution in [0.4, 0.5) is 0 Å². The summed E-state index contributed by atoms with van der Waals surface area (Å²) in [6.07, 6.45) is 46.3. The zero-order valence-electron chi connectivity index (χ0n) is 26.3. The van der Waals surface area contributed by atoms with Crippen molar-refractivity contribution in [2.24, 2.45) is 0 Å². The molecule has 222 valence electrons. The van der Waals surface area contributed by atoms with Crippen LogP contribution in [-0.2, 0) is 0 Å². The second-order valence-corrected chi connectivity index (χ2v) is 12.4. The third-order valence-electron chi connectivity index (χ3n) is 8.41. The zero-order valence-corrected chi connectivity index (χ0v) is 26.3. The van der Waals surface area contributed by atoms with Gasteiger partial charge in [-0.05, 0) is 25.7 Å². The second-order valence-electron chi connectivity index (χ2n) is 12.4. The number of hydrogen-bond donors (Lipinski definition) is 1. The Labute approximate surface area is 236 Å². The molecule has 0 rings (SSSR count). The normalized spacial score (nSPS) is 11.4. The Morgan fingerprint density at radius 2 is 0.432 bits per heavy atom. The molecule has 0 atom stereocenters. The van der Waals surface area contributed by atoms with Gasteiger partial charge in [0, 0.05) is 5.71 Å². The molecule has 0 saturated carbocycles. The zero-order chi connectivity index (χ0) is 26.9. The molecule has 0 aromatic carbocycles. The molecule has 0 aliphatic rings. The summed E-state index contributed by atoms with van der Waals surface area (Å²) in [5.41, 5.74) is 1.03. The molecule has 0 bridgehead atoms. The lowest BCUT2D eigenvalue weighted by Crippen LogP contribution is -1.96. The van der Waals surface area contributed by atoms with E-state index in [1.165, 1.54) is 199 Å². The van der Waals surface area contributed by atoms with Gasteiger partial charge in [-0.2, -0.15) is 0 Å². The van der Waals surface area contributed by atoms with Crippen LogP contribution in [0.15, 0.2) is 0 Å². The van der Waals surface area contributed by atoms with Crippen molar-refractivity contribution in [2.75, 3.05) is 0 Å². The van der Waals surface area contributed by atoms with Gasteiger partial charge >= 0.3 is 0 Å². The Hall–Kier alpha value is -0.330. The lowest BCUT2D eigenvalue weighted by molar-refractivity contribution is 0.529. The molecule has 37 heavy (non-hydrogen) atoms. The van der Waals surface area contributed by atoms with Crippen LogP contribution in [0.3, 0.4) is 0 Å². The van der Waals surface area contributed by atoms with Gasteiger partial charge in [-0.3, -0.25) is 0 Å². The average molecular weight is 520 g/mol. The van der Waals surface area contributed by atoms with Crippen LogP contribution in [0, 0.1) is 5.41 Å². The molecule has 0 spiro atoms. The first-order chi connectivity index (χ1) is 18.3. The Balaban J connectivity index is 3.14. The molecular formula is C36H73N. The van der Waals surface area contributed by atoms with E-state index in [9.17, 15) is 0 Å². The highest BCUT2D eigenvalue weighted by Crippen LogP contribution is 2.16. The summed E-state index contributed by atoms with van der Waals surface area (Å²) in [6, 6.07) is 0. The van der Waals surface area contributed by atoms with E-state index in [-0.39, 0.29) is 0 Å². The van der Waals surface area contributed by atoms with Crippen LogP contribution >= 0.6 is 0 Å². The van der Waals surface area contributed by atoms with Crippen molar-refractivity contribution >= 4 is 5.71 Å². The first-order valence-corrected chi connectivity index (χ1v) is 17.9. The van der Waals surface area contributed by atoms with E-state index in [2.05, 4.69) is 13.8 Å². The van der Waals surface area contributed by atoms with Crippen molar-refractivity contribution in [3.05, 3.63) is 0 Å². The number of hydrogen-bond acceptors (Lipinski definition) is 1. The van der Waals surface area contributed by atoms with E-state index in [1.807, 2.05) is 0 Å². The largest absolute Gasteiger partial charge is 0.310 e. The minimum Gasteiger partial charge on any atom is -0.310 e. The Morgan fingerprint density at radius 1 is 0.270 bits per heavy atom. The molecule has 0 aliphatic carbocycles. The number of nitrogens with one attached hydrogen (secondary N) is 1. The summed E-state index contributed by atoms with van der Waals surface area (Å²) in [7, 11) is 0. The predicted octanol–water partition coefficient (Wildman–Crippen LogP) is 13.9. The molecular weight excluding hydrogens is 446 g/mol. The summed E-state index contributed by atoms with van der Waals surface area (Å²) < 4.78 is 0. The second kappa shape index (κ2) is 33.7. The summed E-state index contributed by atoms with van der Waals surface area (Å²) in [4.78, 5) is 0. The van der Waals surface area contributed by atoms with E-state index < -0.39 is 0 Å². The molecule has 0 saturated heterocycles. The van der Waals surface area contributed by atoms with Crippen LogP contribution in [0.5, 0.6) is 0 Å². The van der Waals surface area contributed by atoms with Crippen molar-refractivity contribution in [3.8, 4) is 0 Å². The average Bonchev–Trinajstić information content (AvgIpc) is 2.90. The van der Waals surface area contributed by atoms with Gasteiger partial charge in [-0.1, -0.05) is 200 Å². The number of unbranched alkanes of at least 4 members (excludes halogenated alkanes) is 29. The lowest BCUT2D eigenvalue weighted by Gasteiger charge is -2.06. The monoisotopic (exact) mass is 520 g/mol. The first kappa shape index (κ1) is 36.7. The Kier molecular flexibility index (Phi) is 33.4. The molecule has 0 amide bonds. The van der Waals surface area contributed by atoms with Gasteiger partial charge in [0.25, 0.3) is 0 Å². The van der Waals surface area contributed by atoms with Gasteiger partial charge in [0.15, 0.2) is 0 Å². The highest BCUT2D eigenvalue weighted by molar-refractivity contribution is 5.81. The van der Waals surface area contributed by atoms with Crippen LogP contribution in [0.25, 0.3) is 0 Å². The van der Waals surface area contributed by atoms with Crippen LogP contribution in [0.2, 0.25) is 0 Å². The van der Waals surface area contributed by atoms with Crippen LogP contribution in [0.1, 0.15) is 226 Å². The summed E-state index contributed by atoms with van der Waals surface area (Å²) >= 11 is 0. The maximum absolute atomic E-state index is 8.25. The molecule has 0 unspecified atom stereocenters. The van der Waals surface area contributed by atoms with Crippen LogP contribution < -0.4 is 0 Å². The maximum Gasteiger partial charge on any atom is 0.00891 e. The lowest BCUT2D eigenvalue weighted by atomic mass is 10.0.